The number of thiazole rings is 1. The van der Waals surface area contributed by atoms with Crippen molar-refractivity contribution >= 4 is 32.4 Å². The summed E-state index contributed by atoms with van der Waals surface area (Å²) in [4.78, 5) is 19.5. The van der Waals surface area contributed by atoms with Crippen LogP contribution < -0.4 is 10.0 Å². The number of amides is 1. The molecule has 9 nitrogen and oxygen atoms in total. The normalized spacial score (nSPS) is 19.5. The van der Waals surface area contributed by atoms with E-state index in [4.69, 9.17) is 9.15 Å². The van der Waals surface area contributed by atoms with Crippen molar-refractivity contribution in [2.75, 3.05) is 18.4 Å². The van der Waals surface area contributed by atoms with Gasteiger partial charge in [-0.05, 0) is 50.2 Å². The van der Waals surface area contributed by atoms with Crippen LogP contribution in [0.25, 0.3) is 0 Å². The average molecular weight is 491 g/mol. The number of aromatic nitrogens is 1. The molecule has 1 aliphatic rings. The molecule has 176 valence electrons. The number of rotatable bonds is 8. The van der Waals surface area contributed by atoms with Crippen molar-refractivity contribution in [2.45, 2.75) is 44.0 Å². The number of carbonyl (C=O) groups is 1. The van der Waals surface area contributed by atoms with E-state index in [2.05, 4.69) is 33.8 Å². The second kappa shape index (κ2) is 10.1. The Labute approximate surface area is 196 Å². The van der Waals surface area contributed by atoms with Crippen molar-refractivity contribution in [1.82, 2.24) is 14.6 Å². The molecular formula is C22H26N4O5S2. The number of nitrogens with one attached hydrogen (secondary N) is 2. The number of morpholine rings is 1. The molecule has 2 aromatic heterocycles. The van der Waals surface area contributed by atoms with E-state index < -0.39 is 10.0 Å². The van der Waals surface area contributed by atoms with Crippen molar-refractivity contribution in [3.63, 3.8) is 0 Å². The molecule has 4 rings (SSSR count). The number of benzene rings is 1. The summed E-state index contributed by atoms with van der Waals surface area (Å²) in [7, 11) is -3.72. The molecule has 3 aromatic rings. The van der Waals surface area contributed by atoms with E-state index in [-0.39, 0.29) is 29.6 Å². The molecule has 0 bridgehead atoms. The summed E-state index contributed by atoms with van der Waals surface area (Å²) >= 11 is 1.36. The Morgan fingerprint density at radius 2 is 1.91 bits per heavy atom. The van der Waals surface area contributed by atoms with Crippen LogP contribution in [0.15, 0.2) is 57.4 Å². The lowest BCUT2D eigenvalue weighted by molar-refractivity contribution is -0.0707. The minimum Gasteiger partial charge on any atom is -0.468 e. The fourth-order valence-electron chi connectivity index (χ4n) is 3.70. The fraction of sp³-hybridized carbons (Fsp3) is 0.364. The topological polar surface area (TPSA) is 114 Å². The number of hydrogen-bond donors (Lipinski definition) is 2. The van der Waals surface area contributed by atoms with Gasteiger partial charge in [-0.1, -0.05) is 0 Å². The Morgan fingerprint density at radius 1 is 1.18 bits per heavy atom. The molecule has 1 aromatic carbocycles. The number of hydrogen-bond acceptors (Lipinski definition) is 8. The van der Waals surface area contributed by atoms with Crippen molar-refractivity contribution < 1.29 is 22.4 Å². The highest BCUT2D eigenvalue weighted by molar-refractivity contribution is 7.89. The van der Waals surface area contributed by atoms with Gasteiger partial charge in [0.1, 0.15) is 5.76 Å². The van der Waals surface area contributed by atoms with Gasteiger partial charge in [0.2, 0.25) is 10.0 Å². The lowest BCUT2D eigenvalue weighted by Gasteiger charge is -2.34. The van der Waals surface area contributed by atoms with Crippen LogP contribution in [0.5, 0.6) is 0 Å². The zero-order valence-corrected chi connectivity index (χ0v) is 20.0. The zero-order valence-electron chi connectivity index (χ0n) is 18.4. The molecule has 0 spiro atoms. The molecular weight excluding hydrogens is 464 g/mol. The highest BCUT2D eigenvalue weighted by atomic mass is 32.2. The molecule has 0 aliphatic carbocycles. The van der Waals surface area contributed by atoms with E-state index in [1.807, 2.05) is 5.38 Å². The van der Waals surface area contributed by atoms with Crippen molar-refractivity contribution in [1.29, 1.82) is 0 Å². The number of sulfonamides is 1. The van der Waals surface area contributed by atoms with Crippen LogP contribution in [0.1, 0.15) is 35.7 Å². The standard InChI is InChI=1S/C22H26N4O5S2/c1-15-11-26(12-16(2)31-15)13-18-14-32-22(24-18)25-21(27)17-5-7-20(8-6-17)33(28,29)23-10-19-4-3-9-30-19/h3-9,14-16,23H,10-13H2,1-2H3,(H,24,25,27). The molecule has 2 N–H and O–H groups in total. The van der Waals surface area contributed by atoms with Gasteiger partial charge in [0.15, 0.2) is 5.13 Å². The van der Waals surface area contributed by atoms with Gasteiger partial charge >= 0.3 is 0 Å². The summed E-state index contributed by atoms with van der Waals surface area (Å²) in [6.45, 7) is 6.54. The number of ether oxygens (including phenoxy) is 1. The Balaban J connectivity index is 1.33. The van der Waals surface area contributed by atoms with Gasteiger partial charge in [0.05, 0.1) is 35.6 Å². The van der Waals surface area contributed by atoms with Crippen LogP contribution in [0.4, 0.5) is 5.13 Å². The monoisotopic (exact) mass is 490 g/mol. The average Bonchev–Trinajstić information content (AvgIpc) is 3.44. The highest BCUT2D eigenvalue weighted by Gasteiger charge is 2.23. The maximum Gasteiger partial charge on any atom is 0.257 e. The largest absolute Gasteiger partial charge is 0.468 e. The lowest BCUT2D eigenvalue weighted by Crippen LogP contribution is -2.44. The zero-order chi connectivity index (χ0) is 23.4. The van der Waals surface area contributed by atoms with Gasteiger partial charge in [-0.2, -0.15) is 0 Å². The van der Waals surface area contributed by atoms with E-state index in [0.717, 1.165) is 18.8 Å². The van der Waals surface area contributed by atoms with Crippen molar-refractivity contribution in [3.05, 3.63) is 65.1 Å². The first-order chi connectivity index (χ1) is 15.8. The predicted molar refractivity (Wildman–Crippen MR) is 125 cm³/mol. The molecule has 1 aliphatic heterocycles. The SMILES string of the molecule is CC1CN(Cc2csc(NC(=O)c3ccc(S(=O)(=O)NCc4ccco4)cc3)n2)CC(C)O1. The van der Waals surface area contributed by atoms with Crippen molar-refractivity contribution in [2.24, 2.45) is 0 Å². The first kappa shape index (κ1) is 23.6. The van der Waals surface area contributed by atoms with Gasteiger partial charge in [-0.25, -0.2) is 18.1 Å². The summed E-state index contributed by atoms with van der Waals surface area (Å²) in [5.41, 5.74) is 1.23. The third-order valence-corrected chi connectivity index (χ3v) is 7.32. The van der Waals surface area contributed by atoms with Crippen molar-refractivity contribution in [3.8, 4) is 0 Å². The van der Waals surface area contributed by atoms with Crippen LogP contribution in [-0.4, -0.2) is 49.5 Å². The fourth-order valence-corrected chi connectivity index (χ4v) is 5.39. The van der Waals surface area contributed by atoms with E-state index >= 15 is 0 Å². The summed E-state index contributed by atoms with van der Waals surface area (Å²) in [6, 6.07) is 9.11. The van der Waals surface area contributed by atoms with E-state index in [0.29, 0.717) is 23.0 Å². The van der Waals surface area contributed by atoms with Gasteiger partial charge in [-0.15, -0.1) is 11.3 Å². The molecule has 2 atom stereocenters. The first-order valence-electron chi connectivity index (χ1n) is 10.5. The lowest BCUT2D eigenvalue weighted by atomic mass is 10.2. The van der Waals surface area contributed by atoms with E-state index in [1.54, 1.807) is 12.1 Å². The quantitative estimate of drug-likeness (QED) is 0.499. The molecule has 1 amide bonds. The molecule has 11 heteroatoms. The maximum atomic E-state index is 12.6. The van der Waals surface area contributed by atoms with E-state index in [9.17, 15) is 13.2 Å². The molecule has 1 saturated heterocycles. The molecule has 0 radical (unpaired) electrons. The molecule has 3 heterocycles. The third-order valence-electron chi connectivity index (χ3n) is 5.10. The highest BCUT2D eigenvalue weighted by Crippen LogP contribution is 2.20. The van der Waals surface area contributed by atoms with Gasteiger partial charge in [-0.3, -0.25) is 15.0 Å². The van der Waals surface area contributed by atoms with Crippen LogP contribution in [0, 0.1) is 0 Å². The van der Waals surface area contributed by atoms with Gasteiger partial charge in [0.25, 0.3) is 5.91 Å². The molecule has 2 unspecified atom stereocenters. The minimum atomic E-state index is -3.72. The number of nitrogens with zero attached hydrogens (tertiary/aromatic N) is 2. The summed E-state index contributed by atoms with van der Waals surface area (Å²) < 4.78 is 38.2. The Bertz CT molecular complexity index is 1170. The van der Waals surface area contributed by atoms with Crippen LogP contribution >= 0.6 is 11.3 Å². The predicted octanol–water partition coefficient (Wildman–Crippen LogP) is 3.08. The Kier molecular flexibility index (Phi) is 7.25. The Hall–Kier alpha value is -2.57. The second-order valence-electron chi connectivity index (χ2n) is 7.98. The number of furan rings is 1. The van der Waals surface area contributed by atoms with Gasteiger partial charge in [0, 0.05) is 30.6 Å². The molecule has 0 saturated carbocycles. The maximum absolute atomic E-state index is 12.6. The summed E-state index contributed by atoms with van der Waals surface area (Å²) in [6.07, 6.45) is 1.84. The minimum absolute atomic E-state index is 0.0478. The van der Waals surface area contributed by atoms with Gasteiger partial charge < -0.3 is 9.15 Å². The third kappa shape index (κ3) is 6.27. The number of anilines is 1. The van der Waals surface area contributed by atoms with Crippen LogP contribution in [-0.2, 0) is 27.8 Å². The van der Waals surface area contributed by atoms with E-state index in [1.165, 1.54) is 41.9 Å². The first-order valence-corrected chi connectivity index (χ1v) is 12.9. The number of carbonyl (C=O) groups excluding carboxylic acids is 1. The second-order valence-corrected chi connectivity index (χ2v) is 10.6. The van der Waals surface area contributed by atoms with Crippen LogP contribution in [0.2, 0.25) is 0 Å². The molecule has 1 fully saturated rings. The molecule has 33 heavy (non-hydrogen) atoms. The summed E-state index contributed by atoms with van der Waals surface area (Å²) in [5, 5.41) is 5.22. The van der Waals surface area contributed by atoms with Crippen LogP contribution in [0.3, 0.4) is 0 Å². The Morgan fingerprint density at radius 3 is 2.58 bits per heavy atom. The summed E-state index contributed by atoms with van der Waals surface area (Å²) in [5.74, 6) is 0.159. The smallest absolute Gasteiger partial charge is 0.257 e.